The number of hydrogen-bond acceptors (Lipinski definition) is 4. The maximum atomic E-state index is 13.6. The quantitative estimate of drug-likeness (QED) is 0.659. The van der Waals surface area contributed by atoms with E-state index in [0.717, 1.165) is 10.7 Å². The third-order valence-electron chi connectivity index (χ3n) is 4.48. The van der Waals surface area contributed by atoms with Gasteiger partial charge in [-0.25, -0.2) is 4.68 Å². The predicted molar refractivity (Wildman–Crippen MR) is 108 cm³/mol. The van der Waals surface area contributed by atoms with Gasteiger partial charge in [-0.15, -0.1) is 0 Å². The summed E-state index contributed by atoms with van der Waals surface area (Å²) in [5, 5.41) is 6.90. The van der Waals surface area contributed by atoms with E-state index in [1.165, 1.54) is 30.5 Å². The molecule has 160 valence electrons. The largest absolute Gasteiger partial charge is 0.433 e. The second kappa shape index (κ2) is 9.71. The molecule has 0 saturated carbocycles. The molecule has 0 atom stereocenters. The number of halogens is 3. The molecule has 0 radical (unpaired) electrons. The van der Waals surface area contributed by atoms with Gasteiger partial charge in [0.1, 0.15) is 5.69 Å². The fraction of sp³-hybridized carbons (Fsp3) is 0.381. The van der Waals surface area contributed by atoms with E-state index in [9.17, 15) is 18.0 Å². The van der Waals surface area contributed by atoms with Crippen molar-refractivity contribution in [1.82, 2.24) is 15.1 Å². The first-order valence-corrected chi connectivity index (χ1v) is 9.74. The molecule has 0 fully saturated rings. The third-order valence-corrected chi connectivity index (χ3v) is 4.48. The van der Waals surface area contributed by atoms with E-state index in [1.807, 2.05) is 13.0 Å². The van der Waals surface area contributed by atoms with Crippen molar-refractivity contribution in [2.24, 2.45) is 4.99 Å². The summed E-state index contributed by atoms with van der Waals surface area (Å²) in [6.07, 6.45) is 0.124. The zero-order valence-electron chi connectivity index (χ0n) is 16.6. The molecule has 9 heteroatoms. The fourth-order valence-electron chi connectivity index (χ4n) is 2.98. The minimum atomic E-state index is -4.58. The number of allylic oxidation sites excluding steroid dienone is 1. The van der Waals surface area contributed by atoms with Crippen molar-refractivity contribution in [3.63, 3.8) is 0 Å². The van der Waals surface area contributed by atoms with E-state index < -0.39 is 11.9 Å². The molecule has 1 aliphatic heterocycles. The second-order valence-corrected chi connectivity index (χ2v) is 6.66. The minimum absolute atomic E-state index is 0.210. The number of hydrogen-bond donors (Lipinski definition) is 1. The molecular weight excluding hydrogens is 397 g/mol. The fourth-order valence-corrected chi connectivity index (χ4v) is 2.98. The van der Waals surface area contributed by atoms with Crippen LogP contribution < -0.4 is 5.32 Å². The Morgan fingerprint density at radius 2 is 2.03 bits per heavy atom. The summed E-state index contributed by atoms with van der Waals surface area (Å²) >= 11 is 0. The molecule has 2 heterocycles. The van der Waals surface area contributed by atoms with Gasteiger partial charge in [-0.2, -0.15) is 18.3 Å². The summed E-state index contributed by atoms with van der Waals surface area (Å²) in [6, 6.07) is 6.88. The van der Waals surface area contributed by atoms with Gasteiger partial charge in [0.15, 0.2) is 0 Å². The van der Waals surface area contributed by atoms with Crippen LogP contribution in [0.1, 0.15) is 41.5 Å². The monoisotopic (exact) mass is 420 g/mol. The van der Waals surface area contributed by atoms with Gasteiger partial charge in [0.25, 0.3) is 5.91 Å². The van der Waals surface area contributed by atoms with Crippen molar-refractivity contribution in [3.05, 3.63) is 53.4 Å². The molecule has 1 aromatic heterocycles. The highest BCUT2D eigenvalue weighted by molar-refractivity contribution is 6.09. The van der Waals surface area contributed by atoms with Crippen LogP contribution in [0.15, 0.2) is 41.4 Å². The van der Waals surface area contributed by atoms with Crippen LogP contribution in [0.4, 0.5) is 13.2 Å². The van der Waals surface area contributed by atoms with Crippen molar-refractivity contribution in [2.45, 2.75) is 25.9 Å². The lowest BCUT2D eigenvalue weighted by atomic mass is 10.1. The molecule has 0 aliphatic carbocycles. The van der Waals surface area contributed by atoms with Crippen LogP contribution >= 0.6 is 0 Å². The van der Waals surface area contributed by atoms with E-state index in [4.69, 9.17) is 4.74 Å². The third kappa shape index (κ3) is 5.35. The van der Waals surface area contributed by atoms with Gasteiger partial charge in [0.2, 0.25) is 0 Å². The predicted octanol–water partition coefficient (Wildman–Crippen LogP) is 3.91. The second-order valence-electron chi connectivity index (χ2n) is 6.66. The van der Waals surface area contributed by atoms with Crippen LogP contribution in [0.25, 0.3) is 11.3 Å². The van der Waals surface area contributed by atoms with Gasteiger partial charge in [0, 0.05) is 43.7 Å². The first kappa shape index (κ1) is 21.8. The molecule has 30 heavy (non-hydrogen) atoms. The van der Waals surface area contributed by atoms with E-state index in [2.05, 4.69) is 15.4 Å². The Labute approximate surface area is 172 Å². The minimum Gasteiger partial charge on any atom is -0.382 e. The first-order valence-electron chi connectivity index (χ1n) is 9.74. The molecule has 2 aromatic rings. The number of dihydropyridines is 1. The summed E-state index contributed by atoms with van der Waals surface area (Å²) in [7, 11) is 0. The number of ether oxygens (including phenoxy) is 1. The Balaban J connectivity index is 1.78. The molecule has 0 saturated heterocycles. The Kier molecular flexibility index (Phi) is 7.04. The Morgan fingerprint density at radius 3 is 2.67 bits per heavy atom. The lowest BCUT2D eigenvalue weighted by molar-refractivity contribution is -0.142. The number of carbonyl (C=O) groups excluding carboxylic acids is 1. The summed E-state index contributed by atoms with van der Waals surface area (Å²) in [6.45, 7) is 4.14. The number of carbonyl (C=O) groups is 1. The maximum absolute atomic E-state index is 13.6. The smallest absolute Gasteiger partial charge is 0.382 e. The van der Waals surface area contributed by atoms with Gasteiger partial charge in [-0.3, -0.25) is 9.79 Å². The van der Waals surface area contributed by atoms with Crippen LogP contribution in [0.5, 0.6) is 0 Å². The maximum Gasteiger partial charge on any atom is 0.433 e. The average Bonchev–Trinajstić information content (AvgIpc) is 3.20. The molecule has 1 aromatic carbocycles. The van der Waals surface area contributed by atoms with Crippen LogP contribution in [0, 0.1) is 0 Å². The lowest BCUT2D eigenvalue weighted by Crippen LogP contribution is -2.25. The summed E-state index contributed by atoms with van der Waals surface area (Å²) in [5.41, 5.74) is 0.467. The normalized spacial score (nSPS) is 13.9. The Hall–Kier alpha value is -2.94. The van der Waals surface area contributed by atoms with Gasteiger partial charge < -0.3 is 10.1 Å². The lowest BCUT2D eigenvalue weighted by Gasteiger charge is -2.11. The number of nitrogens with zero attached hydrogens (tertiary/aromatic N) is 3. The number of benzene rings is 1. The highest BCUT2D eigenvalue weighted by atomic mass is 19.4. The number of rotatable bonds is 8. The zero-order chi connectivity index (χ0) is 21.6. The molecule has 0 bridgehead atoms. The van der Waals surface area contributed by atoms with Crippen LogP contribution in [-0.4, -0.2) is 48.2 Å². The van der Waals surface area contributed by atoms with E-state index in [0.29, 0.717) is 50.3 Å². The Bertz CT molecular complexity index is 931. The van der Waals surface area contributed by atoms with Crippen molar-refractivity contribution < 1.29 is 22.7 Å². The summed E-state index contributed by atoms with van der Waals surface area (Å²) in [5.74, 6) is -0.293. The molecule has 0 unspecified atom stereocenters. The average molecular weight is 420 g/mol. The van der Waals surface area contributed by atoms with E-state index in [-0.39, 0.29) is 17.3 Å². The Morgan fingerprint density at radius 1 is 1.27 bits per heavy atom. The van der Waals surface area contributed by atoms with Gasteiger partial charge in [-0.05, 0) is 50.1 Å². The number of alkyl halides is 3. The van der Waals surface area contributed by atoms with Gasteiger partial charge >= 0.3 is 6.18 Å². The standard InChI is InChI=1S/C21H23F3N4O2/c1-2-30-12-4-11-26-20(29)15-6-8-17(9-7-15)28-19(21(22,23)24)13-18(27-28)16-5-3-10-25-14-16/h5-9,13-14H,2-4,10-12H2,1H3,(H,26,29). The topological polar surface area (TPSA) is 68.5 Å². The first-order chi connectivity index (χ1) is 14.4. The SMILES string of the molecule is CCOCCCNC(=O)c1ccc(-n2nc(C3=CCCN=C3)cc2C(F)(F)F)cc1. The van der Waals surface area contributed by atoms with Gasteiger partial charge in [0.05, 0.1) is 11.4 Å². The number of amides is 1. The summed E-state index contributed by atoms with van der Waals surface area (Å²) < 4.78 is 46.7. The van der Waals surface area contributed by atoms with E-state index >= 15 is 0 Å². The van der Waals surface area contributed by atoms with Crippen molar-refractivity contribution >= 4 is 17.7 Å². The number of aliphatic imine (C=N–C) groups is 1. The van der Waals surface area contributed by atoms with Gasteiger partial charge in [-0.1, -0.05) is 6.08 Å². The highest BCUT2D eigenvalue weighted by Crippen LogP contribution is 2.33. The molecular formula is C21H23F3N4O2. The van der Waals surface area contributed by atoms with Crippen molar-refractivity contribution in [2.75, 3.05) is 26.3 Å². The molecule has 6 nitrogen and oxygen atoms in total. The van der Waals surface area contributed by atoms with Crippen LogP contribution in [0.2, 0.25) is 0 Å². The highest BCUT2D eigenvalue weighted by Gasteiger charge is 2.36. The van der Waals surface area contributed by atoms with Crippen LogP contribution in [0.3, 0.4) is 0 Å². The van der Waals surface area contributed by atoms with Crippen molar-refractivity contribution in [1.29, 1.82) is 0 Å². The van der Waals surface area contributed by atoms with Crippen molar-refractivity contribution in [3.8, 4) is 5.69 Å². The molecule has 1 N–H and O–H groups in total. The zero-order valence-corrected chi connectivity index (χ0v) is 16.6. The summed E-state index contributed by atoms with van der Waals surface area (Å²) in [4.78, 5) is 16.3. The molecule has 1 aliphatic rings. The molecule has 3 rings (SSSR count). The molecule has 1 amide bonds. The molecule has 0 spiro atoms. The number of nitrogens with one attached hydrogen (secondary N) is 1. The number of aromatic nitrogens is 2. The van der Waals surface area contributed by atoms with E-state index in [1.54, 1.807) is 0 Å². The van der Waals surface area contributed by atoms with Crippen LogP contribution in [-0.2, 0) is 10.9 Å².